The Morgan fingerprint density at radius 1 is 1.75 bits per heavy atom. The number of aromatic nitrogens is 1. The Kier molecular flexibility index (Phi) is 3.04. The van der Waals surface area contributed by atoms with E-state index in [1.165, 1.54) is 12.3 Å². The van der Waals surface area contributed by atoms with Crippen LogP contribution in [0.4, 0.5) is 5.82 Å². The molecule has 0 aliphatic heterocycles. The second kappa shape index (κ2) is 4.06. The molecule has 0 aliphatic carbocycles. The number of nitrogens with one attached hydrogen (secondary N) is 1. The monoisotopic (exact) mass is 186 g/mol. The molecular formula is C7H10N2O2S. The van der Waals surface area contributed by atoms with Crippen LogP contribution in [0, 0.1) is 0 Å². The largest absolute Gasteiger partial charge is 0.504 e. The average molecular weight is 186 g/mol. The SMILES string of the molecule is CCS(=O)Nc1ncccc1O. The molecule has 66 valence electrons. The van der Waals surface area contributed by atoms with Crippen LogP contribution in [-0.4, -0.2) is 20.1 Å². The second-order valence-electron chi connectivity index (χ2n) is 2.11. The first-order valence-corrected chi connectivity index (χ1v) is 4.85. The highest BCUT2D eigenvalue weighted by Crippen LogP contribution is 2.18. The topological polar surface area (TPSA) is 62.2 Å². The molecule has 0 amide bonds. The Hall–Kier alpha value is -1.10. The lowest BCUT2D eigenvalue weighted by molar-refractivity contribution is 0.476. The molecule has 0 fully saturated rings. The van der Waals surface area contributed by atoms with Crippen LogP contribution in [0.25, 0.3) is 0 Å². The summed E-state index contributed by atoms with van der Waals surface area (Å²) in [6, 6.07) is 3.09. The van der Waals surface area contributed by atoms with Crippen LogP contribution in [0.15, 0.2) is 18.3 Å². The van der Waals surface area contributed by atoms with E-state index in [0.717, 1.165) is 0 Å². The highest BCUT2D eigenvalue weighted by Gasteiger charge is 2.02. The third-order valence-electron chi connectivity index (χ3n) is 1.26. The molecule has 0 saturated heterocycles. The maximum Gasteiger partial charge on any atom is 0.180 e. The van der Waals surface area contributed by atoms with Crippen LogP contribution in [0.2, 0.25) is 0 Å². The summed E-state index contributed by atoms with van der Waals surface area (Å²) in [5.41, 5.74) is 0. The Morgan fingerprint density at radius 2 is 2.50 bits per heavy atom. The summed E-state index contributed by atoms with van der Waals surface area (Å²) in [6.07, 6.45) is 1.52. The van der Waals surface area contributed by atoms with Crippen LogP contribution in [-0.2, 0) is 11.0 Å². The zero-order valence-electron chi connectivity index (χ0n) is 6.65. The molecule has 1 unspecified atom stereocenters. The quantitative estimate of drug-likeness (QED) is 0.736. The van der Waals surface area contributed by atoms with Crippen molar-refractivity contribution in [3.8, 4) is 5.75 Å². The molecule has 0 spiro atoms. The van der Waals surface area contributed by atoms with Gasteiger partial charge < -0.3 is 5.11 Å². The van der Waals surface area contributed by atoms with Crippen molar-refractivity contribution in [1.82, 2.24) is 4.98 Å². The molecule has 1 aromatic heterocycles. The van der Waals surface area contributed by atoms with Gasteiger partial charge in [0, 0.05) is 11.9 Å². The summed E-state index contributed by atoms with van der Waals surface area (Å²) in [6.45, 7) is 1.78. The van der Waals surface area contributed by atoms with Gasteiger partial charge in [-0.05, 0) is 12.1 Å². The first-order chi connectivity index (χ1) is 5.74. The van der Waals surface area contributed by atoms with Gasteiger partial charge in [-0.2, -0.15) is 0 Å². The lowest BCUT2D eigenvalue weighted by Crippen LogP contribution is -2.07. The summed E-state index contributed by atoms with van der Waals surface area (Å²) >= 11 is 0. The fourth-order valence-corrected chi connectivity index (χ4v) is 1.17. The fourth-order valence-electron chi connectivity index (χ4n) is 0.655. The molecule has 4 nitrogen and oxygen atoms in total. The van der Waals surface area contributed by atoms with Gasteiger partial charge in [-0.3, -0.25) is 4.72 Å². The van der Waals surface area contributed by atoms with E-state index in [1.807, 2.05) is 0 Å². The van der Waals surface area contributed by atoms with Crippen LogP contribution < -0.4 is 4.72 Å². The van der Waals surface area contributed by atoms with Gasteiger partial charge in [-0.25, -0.2) is 9.19 Å². The van der Waals surface area contributed by atoms with Crippen molar-refractivity contribution in [3.63, 3.8) is 0 Å². The second-order valence-corrected chi connectivity index (χ2v) is 3.58. The third kappa shape index (κ3) is 2.20. The Labute approximate surface area is 73.2 Å². The van der Waals surface area contributed by atoms with Gasteiger partial charge in [0.25, 0.3) is 0 Å². The number of hydrogen-bond acceptors (Lipinski definition) is 3. The van der Waals surface area contributed by atoms with Crippen molar-refractivity contribution in [1.29, 1.82) is 0 Å². The minimum atomic E-state index is -1.16. The van der Waals surface area contributed by atoms with Gasteiger partial charge in [-0.1, -0.05) is 6.92 Å². The molecule has 0 bridgehead atoms. The number of pyridine rings is 1. The van der Waals surface area contributed by atoms with Gasteiger partial charge in [0.1, 0.15) is 11.0 Å². The summed E-state index contributed by atoms with van der Waals surface area (Å²) in [4.78, 5) is 3.81. The van der Waals surface area contributed by atoms with Crippen molar-refractivity contribution < 1.29 is 9.32 Å². The molecule has 0 aromatic carbocycles. The van der Waals surface area contributed by atoms with Crippen LogP contribution in [0.5, 0.6) is 5.75 Å². The van der Waals surface area contributed by atoms with Crippen molar-refractivity contribution in [3.05, 3.63) is 18.3 Å². The molecule has 1 rings (SSSR count). The van der Waals surface area contributed by atoms with Gasteiger partial charge in [-0.15, -0.1) is 0 Å². The third-order valence-corrected chi connectivity index (χ3v) is 2.20. The van der Waals surface area contributed by atoms with Gasteiger partial charge >= 0.3 is 0 Å². The van der Waals surface area contributed by atoms with Gasteiger partial charge in [0.15, 0.2) is 11.6 Å². The van der Waals surface area contributed by atoms with E-state index in [-0.39, 0.29) is 11.6 Å². The molecule has 12 heavy (non-hydrogen) atoms. The van der Waals surface area contributed by atoms with Crippen LogP contribution >= 0.6 is 0 Å². The summed E-state index contributed by atoms with van der Waals surface area (Å²) in [5.74, 6) is 0.757. The average Bonchev–Trinajstić information content (AvgIpc) is 2.09. The van der Waals surface area contributed by atoms with E-state index in [4.69, 9.17) is 0 Å². The molecular weight excluding hydrogens is 176 g/mol. The van der Waals surface area contributed by atoms with E-state index in [1.54, 1.807) is 13.0 Å². The molecule has 1 atom stereocenters. The molecule has 0 radical (unpaired) electrons. The minimum Gasteiger partial charge on any atom is -0.504 e. The lowest BCUT2D eigenvalue weighted by Gasteiger charge is -2.03. The van der Waals surface area contributed by atoms with Crippen molar-refractivity contribution in [2.24, 2.45) is 0 Å². The number of rotatable bonds is 3. The van der Waals surface area contributed by atoms with E-state index in [2.05, 4.69) is 9.71 Å². The Morgan fingerprint density at radius 3 is 3.08 bits per heavy atom. The lowest BCUT2D eigenvalue weighted by atomic mass is 10.4. The zero-order valence-corrected chi connectivity index (χ0v) is 7.47. The normalized spacial score (nSPS) is 12.4. The number of aromatic hydroxyl groups is 1. The van der Waals surface area contributed by atoms with Crippen molar-refractivity contribution in [2.75, 3.05) is 10.5 Å². The van der Waals surface area contributed by atoms with Gasteiger partial charge in [0.05, 0.1) is 0 Å². The first-order valence-electron chi connectivity index (χ1n) is 3.53. The highest BCUT2D eigenvalue weighted by atomic mass is 32.2. The number of anilines is 1. The Bertz CT molecular complexity index is 290. The number of nitrogens with zero attached hydrogens (tertiary/aromatic N) is 1. The van der Waals surface area contributed by atoms with E-state index in [9.17, 15) is 9.32 Å². The highest BCUT2D eigenvalue weighted by molar-refractivity contribution is 7.86. The molecule has 0 saturated carbocycles. The number of hydrogen-bond donors (Lipinski definition) is 2. The van der Waals surface area contributed by atoms with Gasteiger partial charge in [0.2, 0.25) is 0 Å². The van der Waals surface area contributed by atoms with E-state index < -0.39 is 11.0 Å². The molecule has 1 heterocycles. The van der Waals surface area contributed by atoms with Crippen LogP contribution in [0.3, 0.4) is 0 Å². The molecule has 5 heteroatoms. The zero-order chi connectivity index (χ0) is 8.97. The molecule has 2 N–H and O–H groups in total. The predicted octanol–water partition coefficient (Wildman–Crippen LogP) is 0.883. The Balaban J connectivity index is 2.75. The van der Waals surface area contributed by atoms with Crippen molar-refractivity contribution >= 4 is 16.8 Å². The smallest absolute Gasteiger partial charge is 0.180 e. The first kappa shape index (κ1) is 8.99. The van der Waals surface area contributed by atoms with Crippen LogP contribution in [0.1, 0.15) is 6.92 Å². The molecule has 0 aliphatic rings. The van der Waals surface area contributed by atoms with Crippen molar-refractivity contribution in [2.45, 2.75) is 6.92 Å². The predicted molar refractivity (Wildman–Crippen MR) is 48.2 cm³/mol. The maximum absolute atomic E-state index is 11.0. The summed E-state index contributed by atoms with van der Waals surface area (Å²) < 4.78 is 13.6. The maximum atomic E-state index is 11.0. The van der Waals surface area contributed by atoms with E-state index >= 15 is 0 Å². The standard InChI is InChI=1S/C7H10N2O2S/c1-2-12(11)9-7-6(10)4-3-5-8-7/h3-5,10H,2H2,1H3,(H,8,9). The minimum absolute atomic E-state index is 0.0132. The van der Waals surface area contributed by atoms with E-state index in [0.29, 0.717) is 5.75 Å². The fraction of sp³-hybridized carbons (Fsp3) is 0.286. The summed E-state index contributed by atoms with van der Waals surface area (Å²) in [7, 11) is -1.16. The summed E-state index contributed by atoms with van der Waals surface area (Å²) in [5, 5.41) is 9.20. The molecule has 1 aromatic rings.